The van der Waals surface area contributed by atoms with Crippen LogP contribution in [0.2, 0.25) is 0 Å². The molecule has 0 bridgehead atoms. The normalized spacial score (nSPS) is 30.5. The highest BCUT2D eigenvalue weighted by molar-refractivity contribution is 7.86. The fourth-order valence-electron chi connectivity index (χ4n) is 3.20. The number of ether oxygens (including phenoxy) is 1. The molecule has 1 fully saturated rings. The van der Waals surface area contributed by atoms with E-state index in [2.05, 4.69) is 12.1 Å². The molecule has 4 nitrogen and oxygen atoms in total. The summed E-state index contributed by atoms with van der Waals surface area (Å²) in [7, 11) is -3.36. The van der Waals surface area contributed by atoms with E-state index in [1.165, 1.54) is 11.1 Å². The van der Waals surface area contributed by atoms with E-state index in [0.29, 0.717) is 6.61 Å². The molecule has 1 heterocycles. The van der Waals surface area contributed by atoms with Crippen LogP contribution in [-0.4, -0.2) is 20.8 Å². The monoisotopic (exact) mass is 282 g/mol. The summed E-state index contributed by atoms with van der Waals surface area (Å²) in [5, 5.41) is 0. The zero-order chi connectivity index (χ0) is 13.5. The molecule has 19 heavy (non-hydrogen) atoms. The van der Waals surface area contributed by atoms with Crippen LogP contribution in [-0.2, 0) is 31.2 Å². The minimum Gasteiger partial charge on any atom is -0.366 e. The van der Waals surface area contributed by atoms with Gasteiger partial charge in [-0.3, -0.25) is 4.18 Å². The third-order valence-electron chi connectivity index (χ3n) is 4.06. The van der Waals surface area contributed by atoms with Gasteiger partial charge in [-0.1, -0.05) is 24.3 Å². The Balaban J connectivity index is 1.74. The van der Waals surface area contributed by atoms with Gasteiger partial charge in [0.25, 0.3) is 10.1 Å². The highest BCUT2D eigenvalue weighted by Crippen LogP contribution is 2.47. The second-order valence-electron chi connectivity index (χ2n) is 5.44. The lowest BCUT2D eigenvalue weighted by atomic mass is 9.78. The van der Waals surface area contributed by atoms with Gasteiger partial charge in [0.2, 0.25) is 0 Å². The molecule has 104 valence electrons. The summed E-state index contributed by atoms with van der Waals surface area (Å²) in [6.07, 6.45) is 4.01. The largest absolute Gasteiger partial charge is 0.366 e. The Bertz CT molecular complexity index is 571. The number of hydrogen-bond acceptors (Lipinski definition) is 4. The molecule has 3 rings (SSSR count). The van der Waals surface area contributed by atoms with Crippen LogP contribution < -0.4 is 0 Å². The second-order valence-corrected chi connectivity index (χ2v) is 7.04. The Morgan fingerprint density at radius 1 is 1.26 bits per heavy atom. The van der Waals surface area contributed by atoms with Crippen molar-refractivity contribution in [2.45, 2.75) is 44.0 Å². The van der Waals surface area contributed by atoms with Crippen LogP contribution in [0.3, 0.4) is 0 Å². The SMILES string of the molecule is CS(=O)(=O)OC1CCC2(CC1)OCc1ccccc12. The van der Waals surface area contributed by atoms with Crippen molar-refractivity contribution in [1.29, 1.82) is 0 Å². The van der Waals surface area contributed by atoms with Gasteiger partial charge < -0.3 is 4.74 Å². The van der Waals surface area contributed by atoms with E-state index < -0.39 is 10.1 Å². The van der Waals surface area contributed by atoms with Gasteiger partial charge in [-0.05, 0) is 36.8 Å². The van der Waals surface area contributed by atoms with Crippen molar-refractivity contribution in [1.82, 2.24) is 0 Å². The number of rotatable bonds is 2. The highest BCUT2D eigenvalue weighted by atomic mass is 32.2. The van der Waals surface area contributed by atoms with Gasteiger partial charge in [-0.2, -0.15) is 8.42 Å². The van der Waals surface area contributed by atoms with Gasteiger partial charge in [0.15, 0.2) is 0 Å². The van der Waals surface area contributed by atoms with Crippen molar-refractivity contribution < 1.29 is 17.3 Å². The molecule has 1 spiro atoms. The van der Waals surface area contributed by atoms with Crippen LogP contribution in [0.4, 0.5) is 0 Å². The smallest absolute Gasteiger partial charge is 0.264 e. The summed E-state index contributed by atoms with van der Waals surface area (Å²) in [6, 6.07) is 8.29. The minimum atomic E-state index is -3.36. The summed E-state index contributed by atoms with van der Waals surface area (Å²) in [5.74, 6) is 0. The maximum absolute atomic E-state index is 11.2. The lowest BCUT2D eigenvalue weighted by molar-refractivity contribution is -0.0800. The molecule has 0 aromatic heterocycles. The van der Waals surface area contributed by atoms with Crippen LogP contribution in [0.1, 0.15) is 36.8 Å². The lowest BCUT2D eigenvalue weighted by Gasteiger charge is -2.36. The molecule has 0 N–H and O–H groups in total. The highest BCUT2D eigenvalue weighted by Gasteiger charge is 2.43. The second kappa shape index (κ2) is 4.58. The first-order valence-corrected chi connectivity index (χ1v) is 8.41. The van der Waals surface area contributed by atoms with Crippen molar-refractivity contribution >= 4 is 10.1 Å². The number of benzene rings is 1. The van der Waals surface area contributed by atoms with Crippen molar-refractivity contribution in [2.24, 2.45) is 0 Å². The van der Waals surface area contributed by atoms with E-state index in [0.717, 1.165) is 31.9 Å². The first-order chi connectivity index (χ1) is 8.99. The van der Waals surface area contributed by atoms with Crippen LogP contribution in [0.5, 0.6) is 0 Å². The van der Waals surface area contributed by atoms with E-state index >= 15 is 0 Å². The molecular weight excluding hydrogens is 264 g/mol. The fraction of sp³-hybridized carbons (Fsp3) is 0.571. The van der Waals surface area contributed by atoms with Gasteiger partial charge in [-0.15, -0.1) is 0 Å². The Labute approximate surface area is 113 Å². The molecule has 0 atom stereocenters. The van der Waals surface area contributed by atoms with Crippen molar-refractivity contribution in [2.75, 3.05) is 6.26 Å². The minimum absolute atomic E-state index is 0.197. The van der Waals surface area contributed by atoms with Crippen LogP contribution in [0, 0.1) is 0 Å². The third kappa shape index (κ3) is 2.55. The Morgan fingerprint density at radius 2 is 1.95 bits per heavy atom. The zero-order valence-electron chi connectivity index (χ0n) is 11.0. The summed E-state index contributed by atoms with van der Waals surface area (Å²) in [5.41, 5.74) is 2.31. The molecule has 0 amide bonds. The Kier molecular flexibility index (Phi) is 3.15. The molecule has 1 aliphatic heterocycles. The third-order valence-corrected chi connectivity index (χ3v) is 4.69. The van der Waals surface area contributed by atoms with Crippen LogP contribution >= 0.6 is 0 Å². The molecule has 0 saturated heterocycles. The average molecular weight is 282 g/mol. The predicted octanol–water partition coefficient (Wildman–Crippen LogP) is 2.33. The summed E-state index contributed by atoms with van der Waals surface area (Å²) < 4.78 is 33.4. The molecule has 0 unspecified atom stereocenters. The maximum atomic E-state index is 11.2. The van der Waals surface area contributed by atoms with Gasteiger partial charge in [0.1, 0.15) is 0 Å². The number of hydrogen-bond donors (Lipinski definition) is 0. The molecule has 1 aliphatic carbocycles. The van der Waals surface area contributed by atoms with E-state index in [1.54, 1.807) is 0 Å². The number of fused-ring (bicyclic) bond motifs is 2. The summed E-state index contributed by atoms with van der Waals surface area (Å²) >= 11 is 0. The molecule has 1 aromatic carbocycles. The van der Waals surface area contributed by atoms with Crippen molar-refractivity contribution in [3.8, 4) is 0 Å². The Hall–Kier alpha value is -0.910. The van der Waals surface area contributed by atoms with Gasteiger partial charge in [-0.25, -0.2) is 0 Å². The van der Waals surface area contributed by atoms with Crippen molar-refractivity contribution in [3.63, 3.8) is 0 Å². The zero-order valence-corrected chi connectivity index (χ0v) is 11.8. The topological polar surface area (TPSA) is 52.6 Å². The quantitative estimate of drug-likeness (QED) is 0.781. The standard InChI is InChI=1S/C14H18O4S/c1-19(15,16)18-12-6-8-14(9-7-12)13-5-3-2-4-11(13)10-17-14/h2-5,12H,6-10H2,1H3. The fourth-order valence-corrected chi connectivity index (χ4v) is 3.89. The van der Waals surface area contributed by atoms with E-state index in [-0.39, 0.29) is 11.7 Å². The average Bonchev–Trinajstić information content (AvgIpc) is 2.71. The van der Waals surface area contributed by atoms with E-state index in [4.69, 9.17) is 8.92 Å². The van der Waals surface area contributed by atoms with E-state index in [1.807, 2.05) is 12.1 Å². The van der Waals surface area contributed by atoms with Gasteiger partial charge >= 0.3 is 0 Å². The van der Waals surface area contributed by atoms with Crippen LogP contribution in [0.15, 0.2) is 24.3 Å². The molecular formula is C14H18O4S. The molecule has 0 radical (unpaired) electrons. The lowest BCUT2D eigenvalue weighted by Crippen LogP contribution is -2.34. The molecule has 1 saturated carbocycles. The Morgan fingerprint density at radius 3 is 2.63 bits per heavy atom. The van der Waals surface area contributed by atoms with Crippen molar-refractivity contribution in [3.05, 3.63) is 35.4 Å². The van der Waals surface area contributed by atoms with Crippen LogP contribution in [0.25, 0.3) is 0 Å². The first kappa shape index (κ1) is 13.1. The van der Waals surface area contributed by atoms with Gasteiger partial charge in [0, 0.05) is 0 Å². The van der Waals surface area contributed by atoms with Gasteiger partial charge in [0.05, 0.1) is 24.6 Å². The molecule has 2 aliphatic rings. The summed E-state index contributed by atoms with van der Waals surface area (Å²) in [6.45, 7) is 0.660. The summed E-state index contributed by atoms with van der Waals surface area (Å²) in [4.78, 5) is 0. The maximum Gasteiger partial charge on any atom is 0.264 e. The first-order valence-electron chi connectivity index (χ1n) is 6.59. The molecule has 5 heteroatoms. The predicted molar refractivity (Wildman–Crippen MR) is 71.1 cm³/mol. The van der Waals surface area contributed by atoms with E-state index in [9.17, 15) is 8.42 Å². The molecule has 1 aromatic rings.